The number of nitrogens with zero attached hydrogens (tertiary/aromatic N) is 2. The van der Waals surface area contributed by atoms with Gasteiger partial charge in [-0.3, -0.25) is 9.48 Å². The van der Waals surface area contributed by atoms with Crippen molar-refractivity contribution in [2.75, 3.05) is 13.2 Å². The quantitative estimate of drug-likeness (QED) is 0.748. The molecule has 0 saturated heterocycles. The number of aromatic nitrogens is 2. The third kappa shape index (κ3) is 3.32. The summed E-state index contributed by atoms with van der Waals surface area (Å²) in [7, 11) is 0. The molecule has 1 aromatic rings. The number of carbonyl (C=O) groups is 2. The van der Waals surface area contributed by atoms with Gasteiger partial charge in [0.1, 0.15) is 6.54 Å². The Hall–Kier alpha value is -1.85. The first-order valence-electron chi connectivity index (χ1n) is 8.91. The Morgan fingerprint density at radius 2 is 2.08 bits per heavy atom. The molecule has 2 unspecified atom stereocenters. The van der Waals surface area contributed by atoms with Crippen LogP contribution in [-0.4, -0.2) is 34.9 Å². The highest BCUT2D eigenvalue weighted by atomic mass is 16.5. The fraction of sp³-hybridized carbons (Fsp3) is 0.722. The summed E-state index contributed by atoms with van der Waals surface area (Å²) >= 11 is 0. The number of hydrogen-bond donors (Lipinski definition) is 0. The van der Waals surface area contributed by atoms with Gasteiger partial charge in [-0.25, -0.2) is 4.79 Å². The summed E-state index contributed by atoms with van der Waals surface area (Å²) < 4.78 is 12.1. The molecule has 2 atom stereocenters. The fourth-order valence-electron chi connectivity index (χ4n) is 3.88. The monoisotopic (exact) mass is 334 g/mol. The van der Waals surface area contributed by atoms with Crippen molar-refractivity contribution in [2.24, 2.45) is 11.8 Å². The summed E-state index contributed by atoms with van der Waals surface area (Å²) in [4.78, 5) is 24.4. The first-order chi connectivity index (χ1) is 11.5. The zero-order chi connectivity index (χ0) is 17.3. The largest absolute Gasteiger partial charge is 0.464 e. The molecule has 3 rings (SSSR count). The third-order valence-corrected chi connectivity index (χ3v) is 4.84. The van der Waals surface area contributed by atoms with Crippen LogP contribution in [0, 0.1) is 11.8 Å². The molecule has 0 spiro atoms. The Bertz CT molecular complexity index is 635. The van der Waals surface area contributed by atoms with E-state index in [1.54, 1.807) is 11.6 Å². The molecule has 24 heavy (non-hydrogen) atoms. The first-order valence-corrected chi connectivity index (χ1v) is 8.91. The van der Waals surface area contributed by atoms with Gasteiger partial charge in [0.15, 0.2) is 5.69 Å². The molecule has 2 aliphatic carbocycles. The zero-order valence-corrected chi connectivity index (χ0v) is 14.7. The lowest BCUT2D eigenvalue weighted by Crippen LogP contribution is -2.21. The average Bonchev–Trinajstić information content (AvgIpc) is 3.08. The lowest BCUT2D eigenvalue weighted by molar-refractivity contribution is -0.145. The smallest absolute Gasteiger partial charge is 0.359 e. The summed E-state index contributed by atoms with van der Waals surface area (Å²) in [5.41, 5.74) is 2.43. The van der Waals surface area contributed by atoms with Gasteiger partial charge in [-0.1, -0.05) is 13.8 Å². The molecule has 0 aliphatic heterocycles. The van der Waals surface area contributed by atoms with Gasteiger partial charge in [0.2, 0.25) is 0 Å². The molecule has 6 nitrogen and oxygen atoms in total. The van der Waals surface area contributed by atoms with Crippen LogP contribution in [-0.2, 0) is 27.2 Å². The van der Waals surface area contributed by atoms with Crippen LogP contribution in [0.25, 0.3) is 0 Å². The number of hydrogen-bond acceptors (Lipinski definition) is 5. The van der Waals surface area contributed by atoms with Crippen molar-refractivity contribution >= 4 is 11.9 Å². The SMILES string of the molecule is CCOC(=O)c1nn(CC(=O)OCC(C)C)c2c1CC1CCC2C1. The van der Waals surface area contributed by atoms with E-state index in [0.717, 1.165) is 30.5 Å². The van der Waals surface area contributed by atoms with Crippen LogP contribution >= 0.6 is 0 Å². The maximum atomic E-state index is 12.3. The van der Waals surface area contributed by atoms with Crippen molar-refractivity contribution in [1.82, 2.24) is 9.78 Å². The highest BCUT2D eigenvalue weighted by Gasteiger charge is 2.39. The molecule has 0 aromatic carbocycles. The lowest BCUT2D eigenvalue weighted by atomic mass is 9.86. The number of esters is 2. The molecule has 1 saturated carbocycles. The molecule has 1 aromatic heterocycles. The van der Waals surface area contributed by atoms with Crippen molar-refractivity contribution in [1.29, 1.82) is 0 Å². The molecular weight excluding hydrogens is 308 g/mol. The van der Waals surface area contributed by atoms with Crippen molar-refractivity contribution in [2.45, 2.75) is 58.9 Å². The van der Waals surface area contributed by atoms with Crippen LogP contribution in [0.3, 0.4) is 0 Å². The standard InChI is InChI=1S/C18H26N2O4/c1-4-23-18(22)16-14-8-12-5-6-13(7-12)17(14)20(19-16)9-15(21)24-10-11(2)3/h11-13H,4-10H2,1-3H3. The van der Waals surface area contributed by atoms with Gasteiger partial charge < -0.3 is 9.47 Å². The van der Waals surface area contributed by atoms with Crippen LogP contribution in [0.2, 0.25) is 0 Å². The van der Waals surface area contributed by atoms with E-state index in [2.05, 4.69) is 5.10 Å². The van der Waals surface area contributed by atoms with Gasteiger partial charge in [0, 0.05) is 17.2 Å². The molecule has 0 radical (unpaired) electrons. The molecule has 1 fully saturated rings. The summed E-state index contributed by atoms with van der Waals surface area (Å²) in [6, 6.07) is 0. The number of rotatable bonds is 6. The van der Waals surface area contributed by atoms with Crippen molar-refractivity contribution in [3.05, 3.63) is 17.0 Å². The van der Waals surface area contributed by atoms with E-state index in [1.807, 2.05) is 13.8 Å². The highest BCUT2D eigenvalue weighted by molar-refractivity contribution is 5.89. The molecule has 0 N–H and O–H groups in total. The second kappa shape index (κ2) is 6.95. The maximum absolute atomic E-state index is 12.3. The maximum Gasteiger partial charge on any atom is 0.359 e. The minimum absolute atomic E-state index is 0.0651. The predicted octanol–water partition coefficient (Wildman–Crippen LogP) is 2.70. The van der Waals surface area contributed by atoms with Gasteiger partial charge in [0.05, 0.1) is 13.2 Å². The first kappa shape index (κ1) is 17.0. The second-order valence-electron chi connectivity index (χ2n) is 7.25. The Morgan fingerprint density at radius 3 is 2.79 bits per heavy atom. The molecule has 1 heterocycles. The highest BCUT2D eigenvalue weighted by Crippen LogP contribution is 2.47. The van der Waals surface area contributed by atoms with E-state index < -0.39 is 0 Å². The normalized spacial score (nSPS) is 21.7. The zero-order valence-electron chi connectivity index (χ0n) is 14.7. The van der Waals surface area contributed by atoms with E-state index in [0.29, 0.717) is 36.7 Å². The summed E-state index contributed by atoms with van der Waals surface area (Å²) in [6.07, 6.45) is 4.27. The van der Waals surface area contributed by atoms with E-state index in [9.17, 15) is 9.59 Å². The predicted molar refractivity (Wildman–Crippen MR) is 87.8 cm³/mol. The third-order valence-electron chi connectivity index (χ3n) is 4.84. The number of ether oxygens (including phenoxy) is 2. The van der Waals surface area contributed by atoms with Crippen molar-refractivity contribution in [3.63, 3.8) is 0 Å². The van der Waals surface area contributed by atoms with Crippen LogP contribution in [0.15, 0.2) is 0 Å². The van der Waals surface area contributed by atoms with Crippen molar-refractivity contribution in [3.8, 4) is 0 Å². The second-order valence-corrected chi connectivity index (χ2v) is 7.25. The lowest BCUT2D eigenvalue weighted by Gasteiger charge is -2.21. The van der Waals surface area contributed by atoms with Crippen LogP contribution in [0.4, 0.5) is 0 Å². The summed E-state index contributed by atoms with van der Waals surface area (Å²) in [5.74, 6) is 0.633. The number of carbonyl (C=O) groups excluding carboxylic acids is 2. The van der Waals surface area contributed by atoms with Gasteiger partial charge in [-0.2, -0.15) is 5.10 Å². The van der Waals surface area contributed by atoms with Gasteiger partial charge in [-0.15, -0.1) is 0 Å². The minimum Gasteiger partial charge on any atom is -0.464 e. The van der Waals surface area contributed by atoms with Gasteiger partial charge >= 0.3 is 11.9 Å². The molecule has 2 bridgehead atoms. The molecule has 0 amide bonds. The van der Waals surface area contributed by atoms with E-state index in [1.165, 1.54) is 6.42 Å². The Labute approximate surface area is 142 Å². The number of fused-ring (bicyclic) bond motifs is 4. The molecular formula is C18H26N2O4. The van der Waals surface area contributed by atoms with Crippen LogP contribution < -0.4 is 0 Å². The minimum atomic E-state index is -0.385. The van der Waals surface area contributed by atoms with Gasteiger partial charge in [-0.05, 0) is 44.4 Å². The Morgan fingerprint density at radius 1 is 1.29 bits per heavy atom. The topological polar surface area (TPSA) is 70.4 Å². The van der Waals surface area contributed by atoms with E-state index in [-0.39, 0.29) is 18.5 Å². The fourth-order valence-corrected chi connectivity index (χ4v) is 3.88. The summed E-state index contributed by atoms with van der Waals surface area (Å²) in [5, 5.41) is 4.44. The molecule has 6 heteroatoms. The van der Waals surface area contributed by atoms with E-state index >= 15 is 0 Å². The molecule has 132 valence electrons. The van der Waals surface area contributed by atoms with Crippen LogP contribution in [0.1, 0.15) is 67.7 Å². The average molecular weight is 334 g/mol. The Balaban J connectivity index is 1.86. The Kier molecular flexibility index (Phi) is 4.92. The van der Waals surface area contributed by atoms with Crippen LogP contribution in [0.5, 0.6) is 0 Å². The van der Waals surface area contributed by atoms with Gasteiger partial charge in [0.25, 0.3) is 0 Å². The molecule has 2 aliphatic rings. The summed E-state index contributed by atoms with van der Waals surface area (Å²) in [6.45, 7) is 6.58. The van der Waals surface area contributed by atoms with Crippen molar-refractivity contribution < 1.29 is 19.1 Å². The van der Waals surface area contributed by atoms with E-state index in [4.69, 9.17) is 9.47 Å².